The molecule has 2 aliphatic carbocycles. The highest BCUT2D eigenvalue weighted by Gasteiger charge is 2.31. The third kappa shape index (κ3) is 4.56. The number of rotatable bonds is 7. The molecule has 2 aromatic carbocycles. The van der Waals surface area contributed by atoms with Crippen LogP contribution in [0.1, 0.15) is 48.4 Å². The van der Waals surface area contributed by atoms with Crippen molar-refractivity contribution >= 4 is 28.4 Å². The molecule has 1 fully saturated rings. The van der Waals surface area contributed by atoms with Crippen molar-refractivity contribution < 1.29 is 14.6 Å². The van der Waals surface area contributed by atoms with E-state index in [-0.39, 0.29) is 17.9 Å². The van der Waals surface area contributed by atoms with Gasteiger partial charge < -0.3 is 15.2 Å². The van der Waals surface area contributed by atoms with E-state index in [0.29, 0.717) is 31.1 Å². The number of hydrogen-bond acceptors (Lipinski definition) is 6. The molecule has 1 unspecified atom stereocenters. The number of nitrogens with zero attached hydrogens (tertiary/aromatic N) is 4. The molecule has 8 nitrogen and oxygen atoms in total. The molecule has 0 spiro atoms. The largest absolute Gasteiger partial charge is 0.481 e. The zero-order chi connectivity index (χ0) is 26.1. The summed E-state index contributed by atoms with van der Waals surface area (Å²) in [6.07, 6.45) is 6.69. The smallest absolute Gasteiger partial charge is 0.307 e. The number of pyridine rings is 1. The van der Waals surface area contributed by atoms with E-state index in [4.69, 9.17) is 9.84 Å². The van der Waals surface area contributed by atoms with Crippen molar-refractivity contribution in [1.82, 2.24) is 14.8 Å². The van der Waals surface area contributed by atoms with Gasteiger partial charge in [0.05, 0.1) is 29.5 Å². The minimum absolute atomic E-state index is 0.0208. The molecule has 3 atom stereocenters. The van der Waals surface area contributed by atoms with Gasteiger partial charge in [-0.05, 0) is 60.6 Å². The predicted octanol–water partition coefficient (Wildman–Crippen LogP) is 5.81. The summed E-state index contributed by atoms with van der Waals surface area (Å²) in [5.74, 6) is -0.139. The molecule has 1 saturated carbocycles. The van der Waals surface area contributed by atoms with Crippen molar-refractivity contribution in [2.24, 2.45) is 11.8 Å². The van der Waals surface area contributed by atoms with Crippen LogP contribution in [-0.2, 0) is 24.2 Å². The third-order valence-electron chi connectivity index (χ3n) is 7.76. The number of aliphatic carboxylic acids is 1. The summed E-state index contributed by atoms with van der Waals surface area (Å²) in [4.78, 5) is 16.1. The Hall–Kier alpha value is -4.38. The Morgan fingerprint density at radius 2 is 1.92 bits per heavy atom. The average molecular weight is 508 g/mol. The number of hydrogen-bond donors (Lipinski definition) is 2. The van der Waals surface area contributed by atoms with E-state index in [1.54, 1.807) is 6.20 Å². The molecule has 6 rings (SSSR count). The maximum atomic E-state index is 11.5. The van der Waals surface area contributed by atoms with Gasteiger partial charge in [-0.1, -0.05) is 49.2 Å². The molecule has 0 radical (unpaired) electrons. The van der Waals surface area contributed by atoms with Crippen LogP contribution in [0.2, 0.25) is 0 Å². The van der Waals surface area contributed by atoms with Crippen LogP contribution in [0.15, 0.2) is 60.8 Å². The molecule has 4 aromatic rings. The first-order chi connectivity index (χ1) is 18.6. The molecule has 2 aliphatic rings. The fraction of sp³-hybridized carbons (Fsp3) is 0.333. The van der Waals surface area contributed by atoms with Crippen molar-refractivity contribution in [3.05, 3.63) is 77.5 Å². The van der Waals surface area contributed by atoms with Crippen LogP contribution in [-0.4, -0.2) is 25.8 Å². The van der Waals surface area contributed by atoms with Gasteiger partial charge in [0, 0.05) is 11.9 Å². The maximum absolute atomic E-state index is 11.5. The van der Waals surface area contributed by atoms with Gasteiger partial charge in [-0.15, -0.1) is 0 Å². The highest BCUT2D eigenvalue weighted by atomic mass is 16.5. The second-order valence-electron chi connectivity index (χ2n) is 10.2. The topological polar surface area (TPSA) is 113 Å². The van der Waals surface area contributed by atoms with E-state index in [1.807, 2.05) is 59.3 Å². The number of carboxylic acids is 1. The number of nitriles is 1. The Bertz CT molecular complexity index is 1520. The first-order valence-electron chi connectivity index (χ1n) is 13.2. The van der Waals surface area contributed by atoms with Crippen LogP contribution in [0.3, 0.4) is 0 Å². The minimum atomic E-state index is -0.758. The van der Waals surface area contributed by atoms with E-state index < -0.39 is 5.97 Å². The molecular weight excluding hydrogens is 478 g/mol. The highest BCUT2D eigenvalue weighted by molar-refractivity contribution is 5.96. The van der Waals surface area contributed by atoms with Crippen molar-refractivity contribution in [1.29, 1.82) is 5.26 Å². The van der Waals surface area contributed by atoms with Crippen LogP contribution in [0.25, 0.3) is 10.9 Å². The van der Waals surface area contributed by atoms with E-state index >= 15 is 0 Å². The molecule has 8 heteroatoms. The lowest BCUT2D eigenvalue weighted by Crippen LogP contribution is -2.23. The van der Waals surface area contributed by atoms with Crippen LogP contribution in [0.4, 0.5) is 11.5 Å². The SMILES string of the molecule is N#C[C@H]1CCCC[C@@H]1n1nc(Nc2ccc3c(c2)CC(C(=O)O)C3)c2c(OCc3ccccc3)nccc21. The lowest BCUT2D eigenvalue weighted by molar-refractivity contribution is -0.141. The van der Waals surface area contributed by atoms with E-state index in [2.05, 4.69) is 16.4 Å². The van der Waals surface area contributed by atoms with E-state index in [9.17, 15) is 15.2 Å². The maximum Gasteiger partial charge on any atom is 0.307 e. The fourth-order valence-electron chi connectivity index (χ4n) is 5.80. The molecule has 2 aromatic heterocycles. The Labute approximate surface area is 220 Å². The second-order valence-corrected chi connectivity index (χ2v) is 10.2. The summed E-state index contributed by atoms with van der Waals surface area (Å²) >= 11 is 0. The lowest BCUT2D eigenvalue weighted by atomic mass is 9.85. The Balaban J connectivity index is 1.39. The molecular formula is C30H29N5O3. The predicted molar refractivity (Wildman–Crippen MR) is 143 cm³/mol. The summed E-state index contributed by atoms with van der Waals surface area (Å²) in [6.45, 7) is 0.372. The summed E-state index contributed by atoms with van der Waals surface area (Å²) in [7, 11) is 0. The number of benzene rings is 2. The van der Waals surface area contributed by atoms with Crippen LogP contribution < -0.4 is 10.1 Å². The van der Waals surface area contributed by atoms with Crippen molar-refractivity contribution in [3.8, 4) is 11.9 Å². The summed E-state index contributed by atoms with van der Waals surface area (Å²) in [5, 5.41) is 28.6. The van der Waals surface area contributed by atoms with Gasteiger partial charge in [0.25, 0.3) is 0 Å². The molecule has 0 saturated heterocycles. The molecule has 38 heavy (non-hydrogen) atoms. The van der Waals surface area contributed by atoms with Crippen LogP contribution in [0.5, 0.6) is 5.88 Å². The molecule has 2 N–H and O–H groups in total. The highest BCUT2D eigenvalue weighted by Crippen LogP contribution is 2.40. The number of anilines is 2. The van der Waals surface area contributed by atoms with Crippen molar-refractivity contribution in [2.75, 3.05) is 5.32 Å². The van der Waals surface area contributed by atoms with Gasteiger partial charge in [0.2, 0.25) is 5.88 Å². The Morgan fingerprint density at radius 3 is 2.74 bits per heavy atom. The van der Waals surface area contributed by atoms with Gasteiger partial charge in [0.1, 0.15) is 12.0 Å². The second kappa shape index (κ2) is 10.2. The minimum Gasteiger partial charge on any atom is -0.481 e. The standard InChI is InChI=1S/C30H29N5O3/c31-17-21-8-4-5-9-25(21)35-26-12-13-32-29(38-18-19-6-2-1-3-7-19)27(26)28(34-35)33-24-11-10-20-14-23(30(36)37)15-22(20)16-24/h1-3,6-7,10-13,16,21,23,25H,4-5,8-9,14-15,18H2,(H,33,34)(H,36,37)/t21-,23?,25+/m1/s1. The first kappa shape index (κ1) is 24.0. The van der Waals surface area contributed by atoms with Gasteiger partial charge >= 0.3 is 5.97 Å². The van der Waals surface area contributed by atoms with Crippen LogP contribution >= 0.6 is 0 Å². The van der Waals surface area contributed by atoms with Gasteiger partial charge in [-0.2, -0.15) is 10.4 Å². The molecule has 192 valence electrons. The molecule has 0 amide bonds. The molecule has 2 heterocycles. The zero-order valence-electron chi connectivity index (χ0n) is 21.0. The van der Waals surface area contributed by atoms with Gasteiger partial charge in [0.15, 0.2) is 5.82 Å². The Morgan fingerprint density at radius 1 is 1.11 bits per heavy atom. The zero-order valence-corrected chi connectivity index (χ0v) is 21.0. The number of fused-ring (bicyclic) bond motifs is 2. The van der Waals surface area contributed by atoms with Gasteiger partial charge in [-0.3, -0.25) is 9.48 Å². The monoisotopic (exact) mass is 507 g/mol. The number of carboxylic acid groups (broad SMARTS) is 1. The molecule has 0 aliphatic heterocycles. The quantitative estimate of drug-likeness (QED) is 0.325. The summed E-state index contributed by atoms with van der Waals surface area (Å²) in [6, 6.07) is 20.3. The van der Waals surface area contributed by atoms with Crippen molar-refractivity contribution in [3.63, 3.8) is 0 Å². The third-order valence-corrected chi connectivity index (χ3v) is 7.76. The first-order valence-corrected chi connectivity index (χ1v) is 13.2. The average Bonchev–Trinajstić information content (AvgIpc) is 3.54. The number of carbonyl (C=O) groups is 1. The summed E-state index contributed by atoms with van der Waals surface area (Å²) < 4.78 is 8.20. The van der Waals surface area contributed by atoms with E-state index in [1.165, 1.54) is 0 Å². The number of nitrogens with one attached hydrogen (secondary N) is 1. The van der Waals surface area contributed by atoms with Crippen LogP contribution in [0, 0.1) is 23.2 Å². The van der Waals surface area contributed by atoms with Gasteiger partial charge in [-0.25, -0.2) is 4.98 Å². The summed E-state index contributed by atoms with van der Waals surface area (Å²) in [5.41, 5.74) is 4.87. The number of ether oxygens (including phenoxy) is 1. The Kier molecular flexibility index (Phi) is 6.42. The molecule has 0 bridgehead atoms. The van der Waals surface area contributed by atoms with Crippen molar-refractivity contribution in [2.45, 2.75) is 51.2 Å². The lowest BCUT2D eigenvalue weighted by Gasteiger charge is -2.27. The fourth-order valence-corrected chi connectivity index (χ4v) is 5.80. The normalized spacial score (nSPS) is 20.6. The van der Waals surface area contributed by atoms with E-state index in [0.717, 1.165) is 59.0 Å². The number of aromatic nitrogens is 3.